The van der Waals surface area contributed by atoms with E-state index in [9.17, 15) is 10.1 Å². The molecule has 0 fully saturated rings. The van der Waals surface area contributed by atoms with E-state index < -0.39 is 5.92 Å². The average Bonchev–Trinajstić information content (AvgIpc) is 3.17. The summed E-state index contributed by atoms with van der Waals surface area (Å²) in [5.74, 6) is -0.0323. The predicted octanol–water partition coefficient (Wildman–Crippen LogP) is 5.92. The molecule has 1 aromatic carbocycles. The number of rotatable bonds is 3. The van der Waals surface area contributed by atoms with Crippen molar-refractivity contribution in [3.63, 3.8) is 0 Å². The van der Waals surface area contributed by atoms with Gasteiger partial charge >= 0.3 is 0 Å². The van der Waals surface area contributed by atoms with Gasteiger partial charge in [-0.25, -0.2) is 0 Å². The lowest BCUT2D eigenvalue weighted by atomic mass is 9.78. The fraction of sp³-hybridized carbons (Fsp3) is 0.273. The van der Waals surface area contributed by atoms with Crippen LogP contribution in [0.4, 0.5) is 5.69 Å². The van der Waals surface area contributed by atoms with E-state index in [0.29, 0.717) is 45.5 Å². The van der Waals surface area contributed by atoms with E-state index in [2.05, 4.69) is 19.1 Å². The molecular formula is C22H19Cl2N3OS. The molecular weight excluding hydrogens is 425 g/mol. The van der Waals surface area contributed by atoms with E-state index in [1.54, 1.807) is 34.4 Å². The largest absolute Gasteiger partial charge is 0.384 e. The Hall–Kier alpha value is -2.26. The number of hydrogen-bond acceptors (Lipinski definition) is 5. The number of halogens is 2. The van der Waals surface area contributed by atoms with Gasteiger partial charge in [0.15, 0.2) is 5.78 Å². The summed E-state index contributed by atoms with van der Waals surface area (Å²) in [5, 5.41) is 10.9. The second kappa shape index (κ2) is 7.87. The van der Waals surface area contributed by atoms with Crippen LogP contribution in [0.3, 0.4) is 0 Å². The van der Waals surface area contributed by atoms with Gasteiger partial charge in [-0.1, -0.05) is 30.1 Å². The van der Waals surface area contributed by atoms with E-state index in [1.165, 1.54) is 4.88 Å². The van der Waals surface area contributed by atoms with Crippen LogP contribution in [-0.4, -0.2) is 5.78 Å². The molecule has 2 heterocycles. The molecule has 4 rings (SSSR count). The third-order valence-corrected chi connectivity index (χ3v) is 7.21. The molecule has 0 bridgehead atoms. The van der Waals surface area contributed by atoms with Gasteiger partial charge in [0, 0.05) is 32.5 Å². The number of nitrogens with two attached hydrogens (primary N) is 1. The zero-order valence-electron chi connectivity index (χ0n) is 15.8. The van der Waals surface area contributed by atoms with Gasteiger partial charge < -0.3 is 5.73 Å². The molecule has 4 nitrogen and oxygen atoms in total. The van der Waals surface area contributed by atoms with Crippen LogP contribution < -0.4 is 10.6 Å². The van der Waals surface area contributed by atoms with Crippen LogP contribution in [0.1, 0.15) is 41.9 Å². The summed E-state index contributed by atoms with van der Waals surface area (Å²) in [6.45, 7) is 2.09. The smallest absolute Gasteiger partial charge is 0.161 e. The standard InChI is InChI=1S/C22H19Cl2N3OS/c1-2-13-7-9-19(29-13)20-14(11-25)22(26)27(16-8-6-12(23)10-15(16)24)17-4-3-5-18(28)21(17)20/h6-10,20H,2-5,26H2,1H3. The first kappa shape index (κ1) is 20.0. The van der Waals surface area contributed by atoms with Crippen molar-refractivity contribution in [2.75, 3.05) is 4.90 Å². The quantitative estimate of drug-likeness (QED) is 0.638. The van der Waals surface area contributed by atoms with Crippen molar-refractivity contribution in [1.29, 1.82) is 5.26 Å². The Morgan fingerprint density at radius 1 is 1.28 bits per heavy atom. The van der Waals surface area contributed by atoms with Crippen LogP contribution in [-0.2, 0) is 11.2 Å². The van der Waals surface area contributed by atoms with Crippen molar-refractivity contribution >= 4 is 46.0 Å². The fourth-order valence-corrected chi connectivity index (χ4v) is 5.61. The minimum atomic E-state index is -0.421. The van der Waals surface area contributed by atoms with Gasteiger partial charge in [0.05, 0.1) is 28.3 Å². The lowest BCUT2D eigenvalue weighted by Gasteiger charge is -2.39. The zero-order valence-corrected chi connectivity index (χ0v) is 18.2. The first-order chi connectivity index (χ1) is 14.0. The SMILES string of the molecule is CCc1ccc(C2C(C#N)=C(N)N(c3ccc(Cl)cc3Cl)C3=C2C(=O)CCC3)s1. The van der Waals surface area contributed by atoms with Crippen LogP contribution in [0.25, 0.3) is 0 Å². The molecule has 0 spiro atoms. The highest BCUT2D eigenvalue weighted by molar-refractivity contribution is 7.12. The van der Waals surface area contributed by atoms with Crippen LogP contribution in [0.15, 0.2) is 53.0 Å². The predicted molar refractivity (Wildman–Crippen MR) is 118 cm³/mol. The van der Waals surface area contributed by atoms with E-state index >= 15 is 0 Å². The molecule has 1 unspecified atom stereocenters. The number of benzene rings is 1. The van der Waals surface area contributed by atoms with Crippen molar-refractivity contribution < 1.29 is 4.79 Å². The highest BCUT2D eigenvalue weighted by atomic mass is 35.5. The normalized spacial score (nSPS) is 19.4. The number of Topliss-reactive ketones (excluding diaryl/α,β-unsaturated/α-hetero) is 1. The molecule has 0 radical (unpaired) electrons. The maximum atomic E-state index is 13.1. The van der Waals surface area contributed by atoms with Crippen molar-refractivity contribution in [2.45, 2.75) is 38.5 Å². The van der Waals surface area contributed by atoms with Crippen molar-refractivity contribution in [3.8, 4) is 6.07 Å². The number of anilines is 1. The van der Waals surface area contributed by atoms with Gasteiger partial charge in [-0.3, -0.25) is 9.69 Å². The fourth-order valence-electron chi connectivity index (χ4n) is 4.05. The van der Waals surface area contributed by atoms with E-state index in [4.69, 9.17) is 28.9 Å². The number of ketones is 1. The molecule has 2 N–H and O–H groups in total. The second-order valence-electron chi connectivity index (χ2n) is 7.07. The van der Waals surface area contributed by atoms with Gasteiger partial charge in [0.25, 0.3) is 0 Å². The van der Waals surface area contributed by atoms with Gasteiger partial charge in [-0.05, 0) is 49.6 Å². The number of hydrogen-bond donors (Lipinski definition) is 1. The minimum Gasteiger partial charge on any atom is -0.384 e. The summed E-state index contributed by atoms with van der Waals surface area (Å²) in [5.41, 5.74) is 9.05. The van der Waals surface area contributed by atoms with Gasteiger partial charge in [0.2, 0.25) is 0 Å². The molecule has 1 aromatic heterocycles. The lowest BCUT2D eigenvalue weighted by Crippen LogP contribution is -2.38. The number of nitriles is 1. The Labute approximate surface area is 183 Å². The number of thiophene rings is 1. The van der Waals surface area contributed by atoms with Gasteiger partial charge in [-0.2, -0.15) is 5.26 Å². The molecule has 0 amide bonds. The first-order valence-corrected chi connectivity index (χ1v) is 11.0. The average molecular weight is 444 g/mol. The van der Waals surface area contributed by atoms with Crippen LogP contribution >= 0.6 is 34.5 Å². The van der Waals surface area contributed by atoms with Crippen molar-refractivity contribution in [3.05, 3.63) is 72.8 Å². The van der Waals surface area contributed by atoms with E-state index in [-0.39, 0.29) is 5.78 Å². The van der Waals surface area contributed by atoms with Crippen LogP contribution in [0.5, 0.6) is 0 Å². The topological polar surface area (TPSA) is 70.1 Å². The summed E-state index contributed by atoms with van der Waals surface area (Å²) >= 11 is 14.2. The molecule has 1 aliphatic heterocycles. The minimum absolute atomic E-state index is 0.0676. The Morgan fingerprint density at radius 3 is 2.72 bits per heavy atom. The number of carbonyl (C=O) groups is 1. The highest BCUT2D eigenvalue weighted by Gasteiger charge is 2.41. The summed E-state index contributed by atoms with van der Waals surface area (Å²) in [4.78, 5) is 17.0. The second-order valence-corrected chi connectivity index (χ2v) is 9.11. The number of nitrogens with zero attached hydrogens (tertiary/aromatic N) is 2. The van der Waals surface area contributed by atoms with E-state index in [0.717, 1.165) is 23.4 Å². The van der Waals surface area contributed by atoms with E-state index in [1.807, 2.05) is 6.07 Å². The van der Waals surface area contributed by atoms with Crippen molar-refractivity contribution in [2.24, 2.45) is 5.73 Å². The molecule has 2 aromatic rings. The summed E-state index contributed by atoms with van der Waals surface area (Å²) in [6.07, 6.45) is 2.82. The third kappa shape index (κ3) is 3.36. The molecule has 29 heavy (non-hydrogen) atoms. The van der Waals surface area contributed by atoms with Crippen LogP contribution in [0.2, 0.25) is 10.0 Å². The molecule has 2 aliphatic rings. The number of allylic oxidation sites excluding steroid dienone is 3. The number of carbonyl (C=O) groups excluding carboxylic acids is 1. The molecule has 1 atom stereocenters. The Balaban J connectivity index is 1.96. The Morgan fingerprint density at radius 2 is 2.07 bits per heavy atom. The molecule has 7 heteroatoms. The molecule has 0 saturated carbocycles. The maximum absolute atomic E-state index is 13.1. The van der Waals surface area contributed by atoms with Crippen LogP contribution in [0, 0.1) is 11.3 Å². The summed E-state index contributed by atoms with van der Waals surface area (Å²) < 4.78 is 0. The summed E-state index contributed by atoms with van der Waals surface area (Å²) in [7, 11) is 0. The monoisotopic (exact) mass is 443 g/mol. The highest BCUT2D eigenvalue weighted by Crippen LogP contribution is 2.48. The lowest BCUT2D eigenvalue weighted by molar-refractivity contribution is -0.116. The number of aryl methyl sites for hydroxylation is 1. The zero-order chi connectivity index (χ0) is 20.7. The Bertz CT molecular complexity index is 1110. The molecule has 0 saturated heterocycles. The first-order valence-electron chi connectivity index (χ1n) is 9.46. The van der Waals surface area contributed by atoms with Gasteiger partial charge in [-0.15, -0.1) is 11.3 Å². The third-order valence-electron chi connectivity index (χ3n) is 5.38. The molecule has 1 aliphatic carbocycles. The maximum Gasteiger partial charge on any atom is 0.161 e. The summed E-state index contributed by atoms with van der Waals surface area (Å²) in [6, 6.07) is 11.5. The molecule has 148 valence electrons. The van der Waals surface area contributed by atoms with Gasteiger partial charge in [0.1, 0.15) is 5.82 Å². The Kier molecular flexibility index (Phi) is 5.44. The van der Waals surface area contributed by atoms with Crippen molar-refractivity contribution in [1.82, 2.24) is 0 Å².